The van der Waals surface area contributed by atoms with Gasteiger partial charge in [-0.3, -0.25) is 24.8 Å². The lowest BCUT2D eigenvalue weighted by Crippen LogP contribution is -2.52. The summed E-state index contributed by atoms with van der Waals surface area (Å²) in [5.41, 5.74) is 5.55. The first-order valence-electron chi connectivity index (χ1n) is 10.5. The van der Waals surface area contributed by atoms with Gasteiger partial charge < -0.3 is 10.1 Å². The minimum atomic E-state index is -0.640. The number of aryl methyl sites for hydroxylation is 1. The molecular weight excluding hydrogens is 426 g/mol. The summed E-state index contributed by atoms with van der Waals surface area (Å²) in [4.78, 5) is 28.7. The van der Waals surface area contributed by atoms with E-state index in [2.05, 4.69) is 22.8 Å². The van der Waals surface area contributed by atoms with E-state index in [0.717, 1.165) is 29.1 Å². The van der Waals surface area contributed by atoms with Gasteiger partial charge in [0.2, 0.25) is 12.1 Å². The summed E-state index contributed by atoms with van der Waals surface area (Å²) in [7, 11) is 0. The molecule has 0 aromatic heterocycles. The number of nitrogens with one attached hydrogen (secondary N) is 2. The molecule has 2 N–H and O–H groups in total. The molecule has 0 fully saturated rings. The highest BCUT2D eigenvalue weighted by Crippen LogP contribution is 2.27. The van der Waals surface area contributed by atoms with Gasteiger partial charge in [0.1, 0.15) is 5.75 Å². The topological polar surface area (TPSA) is 86.3 Å². The molecule has 2 aliphatic heterocycles. The van der Waals surface area contributed by atoms with Gasteiger partial charge in [-0.25, -0.2) is 0 Å². The van der Waals surface area contributed by atoms with Gasteiger partial charge in [0.15, 0.2) is 5.17 Å². The van der Waals surface area contributed by atoms with Gasteiger partial charge in [0.25, 0.3) is 5.91 Å². The number of carbonyl (C=O) groups is 2. The highest BCUT2D eigenvalue weighted by Gasteiger charge is 2.38. The first-order chi connectivity index (χ1) is 15.6. The number of anilines is 2. The van der Waals surface area contributed by atoms with Gasteiger partial charge in [-0.1, -0.05) is 30.8 Å². The maximum Gasteiger partial charge on any atom is 0.276 e. The average Bonchev–Trinajstić information content (AvgIpc) is 3.23. The van der Waals surface area contributed by atoms with Crippen LogP contribution in [-0.4, -0.2) is 40.4 Å². The molecule has 166 valence electrons. The Kier molecular flexibility index (Phi) is 6.65. The highest BCUT2D eigenvalue weighted by molar-refractivity contribution is 8.14. The zero-order valence-electron chi connectivity index (χ0n) is 17.9. The van der Waals surface area contributed by atoms with Gasteiger partial charge in [-0.2, -0.15) is 5.10 Å². The lowest BCUT2D eigenvalue weighted by atomic mass is 10.1. The molecule has 2 aliphatic rings. The highest BCUT2D eigenvalue weighted by atomic mass is 32.2. The Hall–Kier alpha value is -3.46. The van der Waals surface area contributed by atoms with E-state index in [1.165, 1.54) is 11.8 Å². The number of benzene rings is 2. The Labute approximate surface area is 191 Å². The number of hydrogen-bond acceptors (Lipinski definition) is 7. The van der Waals surface area contributed by atoms with Crippen molar-refractivity contribution in [2.24, 2.45) is 5.10 Å². The second-order valence-electron chi connectivity index (χ2n) is 7.16. The summed E-state index contributed by atoms with van der Waals surface area (Å²) in [6.45, 7) is 4.58. The molecule has 2 heterocycles. The van der Waals surface area contributed by atoms with Gasteiger partial charge in [-0.05, 0) is 55.3 Å². The van der Waals surface area contributed by atoms with Crippen LogP contribution in [0.5, 0.6) is 5.75 Å². The number of carbonyl (C=O) groups excluding carboxylic acids is 2. The van der Waals surface area contributed by atoms with Crippen molar-refractivity contribution < 1.29 is 14.3 Å². The van der Waals surface area contributed by atoms with Crippen LogP contribution in [0.1, 0.15) is 19.4 Å². The minimum absolute atomic E-state index is 0.127. The third-order valence-electron chi connectivity index (χ3n) is 5.01. The lowest BCUT2D eigenvalue weighted by Gasteiger charge is -2.31. The summed E-state index contributed by atoms with van der Waals surface area (Å²) in [6.07, 6.45) is 3.76. The number of amides is 2. The standard InChI is InChI=1S/C23H25N5O3S/c1-3-16-6-5-7-17(14-16)24-20(29)15-32-23-26-25-21-22(30)27(12-13-28(21)23)18-8-10-19(11-9-18)31-4-2/h5-14,21,25H,3-4,15H2,1-2H3,(H,24,29). The van der Waals surface area contributed by atoms with Crippen LogP contribution in [0.4, 0.5) is 11.4 Å². The fraction of sp³-hybridized carbons (Fsp3) is 0.261. The molecule has 2 aromatic rings. The third kappa shape index (κ3) is 4.72. The summed E-state index contributed by atoms with van der Waals surface area (Å²) in [5.74, 6) is 0.659. The van der Waals surface area contributed by atoms with Crippen LogP contribution in [-0.2, 0) is 16.0 Å². The number of rotatable bonds is 7. The van der Waals surface area contributed by atoms with E-state index in [1.54, 1.807) is 22.2 Å². The monoisotopic (exact) mass is 451 g/mol. The smallest absolute Gasteiger partial charge is 0.276 e. The molecule has 0 saturated heterocycles. The summed E-state index contributed by atoms with van der Waals surface area (Å²) < 4.78 is 5.46. The van der Waals surface area contributed by atoms with E-state index in [4.69, 9.17) is 4.74 Å². The van der Waals surface area contributed by atoms with Crippen molar-refractivity contribution in [1.82, 2.24) is 10.3 Å². The largest absolute Gasteiger partial charge is 0.494 e. The number of amidine groups is 1. The van der Waals surface area contributed by atoms with Crippen LogP contribution in [0, 0.1) is 0 Å². The SMILES string of the molecule is CCOc1ccc(N2C=CN3C(SCC(=O)Nc4cccc(CC)c4)=NNC3C2=O)cc1. The summed E-state index contributed by atoms with van der Waals surface area (Å²) in [5, 5.41) is 7.74. The minimum Gasteiger partial charge on any atom is -0.494 e. The van der Waals surface area contributed by atoms with Crippen LogP contribution in [0.15, 0.2) is 66.0 Å². The molecule has 32 heavy (non-hydrogen) atoms. The fourth-order valence-corrected chi connectivity index (χ4v) is 4.17. The fourth-order valence-electron chi connectivity index (χ4n) is 3.40. The van der Waals surface area contributed by atoms with Crippen molar-refractivity contribution >= 4 is 40.1 Å². The normalized spacial score (nSPS) is 17.0. The Balaban J connectivity index is 1.35. The zero-order chi connectivity index (χ0) is 22.5. The zero-order valence-corrected chi connectivity index (χ0v) is 18.8. The predicted molar refractivity (Wildman–Crippen MR) is 127 cm³/mol. The van der Waals surface area contributed by atoms with Crippen LogP contribution in [0.3, 0.4) is 0 Å². The van der Waals surface area contributed by atoms with Gasteiger partial charge >= 0.3 is 0 Å². The van der Waals surface area contributed by atoms with Crippen LogP contribution < -0.4 is 20.4 Å². The molecule has 2 aromatic carbocycles. The van der Waals surface area contributed by atoms with Crippen LogP contribution in [0.25, 0.3) is 0 Å². The molecule has 0 radical (unpaired) electrons. The predicted octanol–water partition coefficient (Wildman–Crippen LogP) is 3.34. The molecule has 1 unspecified atom stereocenters. The van der Waals surface area contributed by atoms with E-state index >= 15 is 0 Å². The maximum atomic E-state index is 13.0. The van der Waals surface area contributed by atoms with Gasteiger partial charge in [0, 0.05) is 23.8 Å². The molecule has 0 aliphatic carbocycles. The molecule has 2 amide bonds. The molecule has 1 atom stereocenters. The average molecular weight is 452 g/mol. The number of nitrogens with zero attached hydrogens (tertiary/aromatic N) is 3. The Morgan fingerprint density at radius 3 is 2.75 bits per heavy atom. The molecule has 0 saturated carbocycles. The first kappa shape index (κ1) is 21.8. The van der Waals surface area contributed by atoms with E-state index in [9.17, 15) is 9.59 Å². The summed E-state index contributed by atoms with van der Waals surface area (Å²) >= 11 is 1.28. The van der Waals surface area contributed by atoms with Crippen LogP contribution >= 0.6 is 11.8 Å². The van der Waals surface area contributed by atoms with E-state index in [1.807, 2.05) is 55.5 Å². The molecule has 4 rings (SSSR count). The number of ether oxygens (including phenoxy) is 1. The Morgan fingerprint density at radius 1 is 1.19 bits per heavy atom. The van der Waals surface area contributed by atoms with Gasteiger partial charge in [0.05, 0.1) is 12.4 Å². The van der Waals surface area contributed by atoms with Crippen molar-refractivity contribution in [2.75, 3.05) is 22.6 Å². The molecule has 8 nitrogen and oxygen atoms in total. The van der Waals surface area contributed by atoms with Crippen LogP contribution in [0.2, 0.25) is 0 Å². The third-order valence-corrected chi connectivity index (χ3v) is 5.97. The van der Waals surface area contributed by atoms with Crippen molar-refractivity contribution in [3.63, 3.8) is 0 Å². The maximum absolute atomic E-state index is 13.0. The number of fused-ring (bicyclic) bond motifs is 1. The van der Waals surface area contributed by atoms with E-state index in [0.29, 0.717) is 11.8 Å². The van der Waals surface area contributed by atoms with Crippen molar-refractivity contribution in [1.29, 1.82) is 0 Å². The molecular formula is C23H25N5O3S. The van der Waals surface area contributed by atoms with Crippen molar-refractivity contribution in [3.05, 3.63) is 66.5 Å². The first-order valence-corrected chi connectivity index (χ1v) is 11.4. The van der Waals surface area contributed by atoms with E-state index < -0.39 is 6.17 Å². The molecule has 0 spiro atoms. The lowest BCUT2D eigenvalue weighted by molar-refractivity contribution is -0.122. The van der Waals surface area contributed by atoms with E-state index in [-0.39, 0.29) is 17.6 Å². The molecule has 0 bridgehead atoms. The molecule has 9 heteroatoms. The second kappa shape index (κ2) is 9.78. The van der Waals surface area contributed by atoms with Crippen molar-refractivity contribution in [2.45, 2.75) is 26.4 Å². The number of hydrazone groups is 1. The quantitative estimate of drug-likeness (QED) is 0.672. The number of thioether (sulfide) groups is 1. The van der Waals surface area contributed by atoms with Crippen molar-refractivity contribution in [3.8, 4) is 5.75 Å². The number of hydrogen-bond donors (Lipinski definition) is 2. The Bertz CT molecular complexity index is 1050. The van der Waals surface area contributed by atoms with Gasteiger partial charge in [-0.15, -0.1) is 0 Å². The summed E-state index contributed by atoms with van der Waals surface area (Å²) in [6, 6.07) is 15.1. The second-order valence-corrected chi connectivity index (χ2v) is 8.10. The Morgan fingerprint density at radius 2 is 2.00 bits per heavy atom.